The number of aliphatic carboxylic acids is 1. The summed E-state index contributed by atoms with van der Waals surface area (Å²) >= 11 is 0. The molecule has 7 nitrogen and oxygen atoms in total. The van der Waals surface area contributed by atoms with Gasteiger partial charge in [-0.15, -0.1) is 0 Å². The van der Waals surface area contributed by atoms with Crippen molar-refractivity contribution in [3.05, 3.63) is 24.3 Å². The van der Waals surface area contributed by atoms with Crippen LogP contribution < -0.4 is 0 Å². The first-order valence-corrected chi connectivity index (χ1v) is 10.0. The van der Waals surface area contributed by atoms with Gasteiger partial charge in [-0.25, -0.2) is 0 Å². The van der Waals surface area contributed by atoms with Crippen LogP contribution in [0.4, 0.5) is 0 Å². The summed E-state index contributed by atoms with van der Waals surface area (Å²) in [5, 5.41) is 9.39. The van der Waals surface area contributed by atoms with Crippen LogP contribution in [-0.2, 0) is 19.2 Å². The third-order valence-electron chi connectivity index (χ3n) is 6.24. The molecule has 4 unspecified atom stereocenters. The lowest BCUT2D eigenvalue weighted by Gasteiger charge is -2.39. The van der Waals surface area contributed by atoms with Gasteiger partial charge in [-0.1, -0.05) is 24.3 Å². The molecule has 3 rings (SSSR count). The fraction of sp³-hybridized carbons (Fsp3) is 0.619. The topological polar surface area (TPSA) is 95.0 Å². The highest BCUT2D eigenvalue weighted by molar-refractivity contribution is 5.89. The smallest absolute Gasteiger partial charge is 0.307 e. The SMILES string of the molecule is CC(=O)C1CC=CCC1C(=O)N1CCN(C(=O)C2CC=CCC2C(=O)O)CC1. The average molecular weight is 388 g/mol. The Morgan fingerprint density at radius 2 is 1.04 bits per heavy atom. The van der Waals surface area contributed by atoms with Gasteiger partial charge in [0.25, 0.3) is 0 Å². The van der Waals surface area contributed by atoms with Gasteiger partial charge in [0.1, 0.15) is 5.78 Å². The standard InChI is InChI=1S/C21H28N2O5/c1-14(24)15-6-2-3-7-16(15)19(25)22-10-12-23(13-11-22)20(26)17-8-4-5-9-18(17)21(27)28/h2-5,15-18H,6-13H2,1H3,(H,27,28). The Bertz CT molecular complexity index is 646. The zero-order chi connectivity index (χ0) is 20.3. The third-order valence-corrected chi connectivity index (χ3v) is 6.24. The van der Waals surface area contributed by atoms with Gasteiger partial charge >= 0.3 is 5.97 Å². The van der Waals surface area contributed by atoms with Gasteiger partial charge in [0.2, 0.25) is 11.8 Å². The molecule has 28 heavy (non-hydrogen) atoms. The second kappa shape index (κ2) is 8.71. The third kappa shape index (κ3) is 4.18. The Morgan fingerprint density at radius 1 is 0.679 bits per heavy atom. The first kappa shape index (κ1) is 20.3. The van der Waals surface area contributed by atoms with Crippen LogP contribution >= 0.6 is 0 Å². The van der Waals surface area contributed by atoms with E-state index in [4.69, 9.17) is 0 Å². The highest BCUT2D eigenvalue weighted by Gasteiger charge is 2.39. The predicted octanol–water partition coefficient (Wildman–Crippen LogP) is 1.50. The molecule has 152 valence electrons. The molecule has 1 N–H and O–H groups in total. The van der Waals surface area contributed by atoms with E-state index in [0.29, 0.717) is 51.9 Å². The summed E-state index contributed by atoms with van der Waals surface area (Å²) in [6.45, 7) is 3.21. The summed E-state index contributed by atoms with van der Waals surface area (Å²) in [5.41, 5.74) is 0. The monoisotopic (exact) mass is 388 g/mol. The van der Waals surface area contributed by atoms with Crippen LogP contribution in [0.2, 0.25) is 0 Å². The van der Waals surface area contributed by atoms with Crippen molar-refractivity contribution in [2.75, 3.05) is 26.2 Å². The molecule has 4 atom stereocenters. The molecule has 0 bridgehead atoms. The first-order valence-electron chi connectivity index (χ1n) is 10.0. The number of hydrogen-bond donors (Lipinski definition) is 1. The number of ketones is 1. The molecule has 0 spiro atoms. The van der Waals surface area contributed by atoms with Crippen molar-refractivity contribution in [2.24, 2.45) is 23.7 Å². The van der Waals surface area contributed by atoms with Gasteiger partial charge in [0.05, 0.1) is 17.8 Å². The fourth-order valence-electron chi connectivity index (χ4n) is 4.51. The number of amides is 2. The Labute approximate surface area is 165 Å². The second-order valence-corrected chi connectivity index (χ2v) is 7.91. The maximum absolute atomic E-state index is 12.9. The summed E-state index contributed by atoms with van der Waals surface area (Å²) in [7, 11) is 0. The summed E-state index contributed by atoms with van der Waals surface area (Å²) in [6, 6.07) is 0. The first-order chi connectivity index (χ1) is 13.4. The quantitative estimate of drug-likeness (QED) is 0.737. The number of carbonyl (C=O) groups is 4. The van der Waals surface area contributed by atoms with Gasteiger partial charge < -0.3 is 14.9 Å². The van der Waals surface area contributed by atoms with Crippen LogP contribution in [0.5, 0.6) is 0 Å². The number of nitrogens with zero attached hydrogens (tertiary/aromatic N) is 2. The van der Waals surface area contributed by atoms with Crippen molar-refractivity contribution in [1.82, 2.24) is 9.80 Å². The maximum Gasteiger partial charge on any atom is 0.307 e. The van der Waals surface area contributed by atoms with E-state index in [0.717, 1.165) is 0 Å². The molecule has 2 amide bonds. The number of allylic oxidation sites excluding steroid dienone is 4. The zero-order valence-electron chi connectivity index (χ0n) is 16.3. The minimum absolute atomic E-state index is 0.0133. The molecular weight excluding hydrogens is 360 g/mol. The van der Waals surface area contributed by atoms with Crippen molar-refractivity contribution < 1.29 is 24.3 Å². The minimum Gasteiger partial charge on any atom is -0.481 e. The van der Waals surface area contributed by atoms with Crippen LogP contribution in [0.3, 0.4) is 0 Å². The Morgan fingerprint density at radius 3 is 1.43 bits per heavy atom. The van der Waals surface area contributed by atoms with E-state index in [2.05, 4.69) is 0 Å². The number of hydrogen-bond acceptors (Lipinski definition) is 4. The molecule has 0 aromatic heterocycles. The highest BCUT2D eigenvalue weighted by Crippen LogP contribution is 2.30. The van der Waals surface area contributed by atoms with Gasteiger partial charge in [-0.05, 0) is 32.6 Å². The lowest BCUT2D eigenvalue weighted by Crippen LogP contribution is -2.55. The molecule has 0 saturated carbocycles. The van der Waals surface area contributed by atoms with Crippen molar-refractivity contribution in [3.63, 3.8) is 0 Å². The van der Waals surface area contributed by atoms with Crippen LogP contribution in [0.1, 0.15) is 32.6 Å². The van der Waals surface area contributed by atoms with Crippen molar-refractivity contribution in [3.8, 4) is 0 Å². The minimum atomic E-state index is -0.933. The van der Waals surface area contributed by atoms with Crippen LogP contribution in [-0.4, -0.2) is 64.7 Å². The van der Waals surface area contributed by atoms with Crippen molar-refractivity contribution >= 4 is 23.6 Å². The van der Waals surface area contributed by atoms with E-state index in [1.54, 1.807) is 9.80 Å². The Hall–Kier alpha value is -2.44. The summed E-state index contributed by atoms with van der Waals surface area (Å²) in [6.07, 6.45) is 9.64. The largest absolute Gasteiger partial charge is 0.481 e. The van der Waals surface area contributed by atoms with Crippen molar-refractivity contribution in [2.45, 2.75) is 32.6 Å². The lowest BCUT2D eigenvalue weighted by atomic mass is 9.79. The Balaban J connectivity index is 1.59. The van der Waals surface area contributed by atoms with E-state index in [-0.39, 0.29) is 29.4 Å². The molecule has 1 aliphatic heterocycles. The molecule has 0 aromatic rings. The highest BCUT2D eigenvalue weighted by atomic mass is 16.4. The van der Waals surface area contributed by atoms with Crippen LogP contribution in [0.15, 0.2) is 24.3 Å². The van der Waals surface area contributed by atoms with Crippen LogP contribution in [0.25, 0.3) is 0 Å². The predicted molar refractivity (Wildman–Crippen MR) is 102 cm³/mol. The van der Waals surface area contributed by atoms with Gasteiger partial charge in [-0.2, -0.15) is 0 Å². The summed E-state index contributed by atoms with van der Waals surface area (Å²) < 4.78 is 0. The fourth-order valence-corrected chi connectivity index (χ4v) is 4.51. The number of carboxylic acids is 1. The van der Waals surface area contributed by atoms with E-state index in [9.17, 15) is 24.3 Å². The number of carboxylic acid groups (broad SMARTS) is 1. The van der Waals surface area contributed by atoms with Gasteiger partial charge in [0.15, 0.2) is 0 Å². The van der Waals surface area contributed by atoms with E-state index in [1.165, 1.54) is 6.92 Å². The molecule has 0 aromatic carbocycles. The van der Waals surface area contributed by atoms with E-state index < -0.39 is 17.8 Å². The van der Waals surface area contributed by atoms with E-state index >= 15 is 0 Å². The molecule has 1 saturated heterocycles. The average Bonchev–Trinajstić information content (AvgIpc) is 2.72. The number of Topliss-reactive ketones (excluding diaryl/α,β-unsaturated/α-hetero) is 1. The van der Waals surface area contributed by atoms with Gasteiger partial charge in [0, 0.05) is 32.1 Å². The molecule has 7 heteroatoms. The molecule has 3 aliphatic rings. The molecule has 0 radical (unpaired) electrons. The van der Waals surface area contributed by atoms with Crippen LogP contribution in [0, 0.1) is 23.7 Å². The van der Waals surface area contributed by atoms with E-state index in [1.807, 2.05) is 24.3 Å². The normalized spacial score (nSPS) is 30.2. The molecular formula is C21H28N2O5. The molecule has 1 fully saturated rings. The number of piperazine rings is 1. The molecule has 2 aliphatic carbocycles. The zero-order valence-corrected chi connectivity index (χ0v) is 16.3. The van der Waals surface area contributed by atoms with Crippen molar-refractivity contribution in [1.29, 1.82) is 0 Å². The maximum atomic E-state index is 12.9. The van der Waals surface area contributed by atoms with Gasteiger partial charge in [-0.3, -0.25) is 19.2 Å². The number of rotatable bonds is 4. The summed E-state index contributed by atoms with van der Waals surface area (Å²) in [5.74, 6) is -2.82. The number of carbonyl (C=O) groups excluding carboxylic acids is 3. The lowest BCUT2D eigenvalue weighted by molar-refractivity contribution is -0.152. The summed E-state index contributed by atoms with van der Waals surface area (Å²) in [4.78, 5) is 52.6. The second-order valence-electron chi connectivity index (χ2n) is 7.91. The molecule has 1 heterocycles. The Kier molecular flexibility index (Phi) is 6.31.